The van der Waals surface area contributed by atoms with Gasteiger partial charge in [-0.25, -0.2) is 4.39 Å². The molecular formula is C17H28FIN4O. The van der Waals surface area contributed by atoms with Gasteiger partial charge in [0.2, 0.25) is 0 Å². The first-order valence-electron chi connectivity index (χ1n) is 8.30. The molecule has 1 atom stereocenters. The van der Waals surface area contributed by atoms with Crippen LogP contribution in [0.1, 0.15) is 25.3 Å². The lowest BCUT2D eigenvalue weighted by Gasteiger charge is -2.35. The van der Waals surface area contributed by atoms with Crippen molar-refractivity contribution in [1.29, 1.82) is 0 Å². The monoisotopic (exact) mass is 450 g/mol. The number of guanidine groups is 1. The molecule has 1 aromatic carbocycles. The molecule has 0 aliphatic carbocycles. The van der Waals surface area contributed by atoms with Crippen LogP contribution in [0.5, 0.6) is 0 Å². The van der Waals surface area contributed by atoms with Crippen molar-refractivity contribution in [3.63, 3.8) is 0 Å². The lowest BCUT2D eigenvalue weighted by atomic mass is 10.0. The summed E-state index contributed by atoms with van der Waals surface area (Å²) in [6.45, 7) is 6.76. The molecule has 24 heavy (non-hydrogen) atoms. The molecule has 3 N–H and O–H groups in total. The molecule has 5 nitrogen and oxygen atoms in total. The minimum Gasteiger partial charge on any atom is -0.394 e. The normalized spacial score (nSPS) is 18.1. The number of rotatable bonds is 5. The Hall–Kier alpha value is -1.09. The molecule has 0 spiro atoms. The van der Waals surface area contributed by atoms with Crippen LogP contribution in [0.4, 0.5) is 10.1 Å². The van der Waals surface area contributed by atoms with Gasteiger partial charge in [0.25, 0.3) is 0 Å². The number of hydrogen-bond acceptors (Lipinski definition) is 3. The second-order valence-corrected chi connectivity index (χ2v) is 5.87. The number of piperidine rings is 1. The molecule has 7 heteroatoms. The summed E-state index contributed by atoms with van der Waals surface area (Å²) < 4.78 is 14.1. The number of aryl methyl sites for hydroxylation is 1. The molecule has 1 fully saturated rings. The summed E-state index contributed by atoms with van der Waals surface area (Å²) in [5.41, 5.74) is 1.74. The Bertz CT molecular complexity index is 541. The van der Waals surface area contributed by atoms with Gasteiger partial charge in [-0.1, -0.05) is 6.07 Å². The number of aliphatic imine (C=N–C) groups is 1. The Morgan fingerprint density at radius 2 is 2.25 bits per heavy atom. The number of hydrogen-bond donors (Lipinski definition) is 3. The van der Waals surface area contributed by atoms with Crippen molar-refractivity contribution >= 4 is 35.6 Å². The van der Waals surface area contributed by atoms with Gasteiger partial charge in [0, 0.05) is 25.7 Å². The molecule has 1 aliphatic rings. The van der Waals surface area contributed by atoms with E-state index in [-0.39, 0.29) is 42.4 Å². The van der Waals surface area contributed by atoms with Crippen LogP contribution in [-0.2, 0) is 0 Å². The smallest absolute Gasteiger partial charge is 0.191 e. The molecule has 1 aliphatic heterocycles. The fourth-order valence-electron chi connectivity index (χ4n) is 2.85. The molecule has 0 bridgehead atoms. The van der Waals surface area contributed by atoms with E-state index in [1.165, 1.54) is 6.07 Å². The van der Waals surface area contributed by atoms with Crippen LogP contribution in [0.3, 0.4) is 0 Å². The van der Waals surface area contributed by atoms with Gasteiger partial charge in [-0.3, -0.25) is 4.99 Å². The number of nitrogens with zero attached hydrogens (tertiary/aromatic N) is 2. The minimum absolute atomic E-state index is 0. The fraction of sp³-hybridized carbons (Fsp3) is 0.588. The van der Waals surface area contributed by atoms with Gasteiger partial charge >= 0.3 is 0 Å². The summed E-state index contributed by atoms with van der Waals surface area (Å²) in [5, 5.41) is 15.5. The molecule has 0 aromatic heterocycles. The van der Waals surface area contributed by atoms with E-state index in [0.717, 1.165) is 38.0 Å². The molecule has 1 heterocycles. The zero-order valence-corrected chi connectivity index (χ0v) is 16.7. The molecular weight excluding hydrogens is 422 g/mol. The fourth-order valence-corrected chi connectivity index (χ4v) is 2.85. The molecule has 136 valence electrons. The highest BCUT2D eigenvalue weighted by molar-refractivity contribution is 14.0. The van der Waals surface area contributed by atoms with Gasteiger partial charge in [-0.05, 0) is 44.4 Å². The van der Waals surface area contributed by atoms with Gasteiger partial charge in [0.1, 0.15) is 5.82 Å². The predicted molar refractivity (Wildman–Crippen MR) is 108 cm³/mol. The van der Waals surface area contributed by atoms with E-state index >= 15 is 0 Å². The first-order valence-corrected chi connectivity index (χ1v) is 8.30. The van der Waals surface area contributed by atoms with Gasteiger partial charge in [0.15, 0.2) is 5.96 Å². The summed E-state index contributed by atoms with van der Waals surface area (Å²) in [4.78, 5) is 6.40. The van der Waals surface area contributed by atoms with E-state index in [0.29, 0.717) is 18.2 Å². The van der Waals surface area contributed by atoms with Crippen molar-refractivity contribution in [2.24, 2.45) is 4.99 Å². The van der Waals surface area contributed by atoms with Crippen molar-refractivity contribution in [3.05, 3.63) is 29.6 Å². The Morgan fingerprint density at radius 1 is 1.46 bits per heavy atom. The standard InChI is InChI=1S/C17H27FN4O.HI/c1-3-19-17(20-8-10-23)21-14-5-4-9-22(12-14)16-11-13(2)6-7-15(16)18;/h6-7,11,14,23H,3-5,8-10,12H2,1-2H3,(H2,19,20,21);1H. The van der Waals surface area contributed by atoms with Crippen LogP contribution in [-0.4, -0.2) is 49.9 Å². The Balaban J connectivity index is 0.00000288. The highest BCUT2D eigenvalue weighted by atomic mass is 127. The van der Waals surface area contributed by atoms with E-state index in [2.05, 4.69) is 20.5 Å². The third kappa shape index (κ3) is 6.08. The van der Waals surface area contributed by atoms with Crippen molar-refractivity contribution in [2.45, 2.75) is 32.7 Å². The molecule has 0 radical (unpaired) electrons. The lowest BCUT2D eigenvalue weighted by Crippen LogP contribution is -2.51. The van der Waals surface area contributed by atoms with Gasteiger partial charge in [0.05, 0.1) is 18.8 Å². The highest BCUT2D eigenvalue weighted by Gasteiger charge is 2.22. The number of anilines is 1. The summed E-state index contributed by atoms with van der Waals surface area (Å²) in [5.74, 6) is 0.537. The van der Waals surface area contributed by atoms with Crippen LogP contribution in [0, 0.1) is 12.7 Å². The number of aliphatic hydroxyl groups is 1. The predicted octanol–water partition coefficient (Wildman–Crippen LogP) is 2.27. The minimum atomic E-state index is -0.169. The van der Waals surface area contributed by atoms with E-state index in [1.807, 2.05) is 19.9 Å². The summed E-state index contributed by atoms with van der Waals surface area (Å²) in [6.07, 6.45) is 2.03. The Kier molecular flexibility index (Phi) is 9.35. The lowest BCUT2D eigenvalue weighted by molar-refractivity contribution is 0.306. The van der Waals surface area contributed by atoms with Crippen LogP contribution in [0.15, 0.2) is 23.2 Å². The third-order valence-electron chi connectivity index (χ3n) is 3.92. The maximum atomic E-state index is 14.1. The topological polar surface area (TPSA) is 59.9 Å². The summed E-state index contributed by atoms with van der Waals surface area (Å²) in [6, 6.07) is 5.45. The SMILES string of the molecule is CCNC(=NCCO)NC1CCCN(c2cc(C)ccc2F)C1.I. The molecule has 1 unspecified atom stereocenters. The van der Waals surface area contributed by atoms with Gasteiger partial charge in [-0.2, -0.15) is 0 Å². The Morgan fingerprint density at radius 3 is 2.96 bits per heavy atom. The second kappa shape index (κ2) is 10.7. The number of halogens is 2. The van der Waals surface area contributed by atoms with E-state index in [4.69, 9.17) is 5.11 Å². The third-order valence-corrected chi connectivity index (χ3v) is 3.92. The van der Waals surface area contributed by atoms with Crippen molar-refractivity contribution < 1.29 is 9.50 Å². The zero-order valence-electron chi connectivity index (χ0n) is 14.4. The quantitative estimate of drug-likeness (QED) is 0.366. The van der Waals surface area contributed by atoms with Crippen LogP contribution in [0.25, 0.3) is 0 Å². The van der Waals surface area contributed by atoms with Crippen molar-refractivity contribution in [2.75, 3.05) is 37.7 Å². The highest BCUT2D eigenvalue weighted by Crippen LogP contribution is 2.24. The van der Waals surface area contributed by atoms with Crippen LogP contribution in [0.2, 0.25) is 0 Å². The molecule has 1 saturated heterocycles. The average molecular weight is 450 g/mol. The average Bonchev–Trinajstić information content (AvgIpc) is 2.55. The summed E-state index contributed by atoms with van der Waals surface area (Å²) in [7, 11) is 0. The van der Waals surface area contributed by atoms with Crippen molar-refractivity contribution in [3.8, 4) is 0 Å². The van der Waals surface area contributed by atoms with E-state index < -0.39 is 0 Å². The molecule has 0 amide bonds. The van der Waals surface area contributed by atoms with Crippen molar-refractivity contribution in [1.82, 2.24) is 10.6 Å². The number of nitrogens with one attached hydrogen (secondary N) is 2. The summed E-state index contributed by atoms with van der Waals surface area (Å²) >= 11 is 0. The van der Waals surface area contributed by atoms with E-state index in [1.54, 1.807) is 6.07 Å². The molecule has 2 rings (SSSR count). The van der Waals surface area contributed by atoms with Gasteiger partial charge in [-0.15, -0.1) is 24.0 Å². The Labute approximate surface area is 160 Å². The second-order valence-electron chi connectivity index (χ2n) is 5.87. The van der Waals surface area contributed by atoms with Gasteiger partial charge < -0.3 is 20.6 Å². The first-order chi connectivity index (χ1) is 11.1. The van der Waals surface area contributed by atoms with E-state index in [9.17, 15) is 4.39 Å². The number of benzene rings is 1. The zero-order chi connectivity index (χ0) is 16.7. The first kappa shape index (κ1) is 21.0. The van der Waals surface area contributed by atoms with Crippen LogP contribution >= 0.6 is 24.0 Å². The largest absolute Gasteiger partial charge is 0.394 e. The maximum Gasteiger partial charge on any atom is 0.191 e. The number of aliphatic hydroxyl groups excluding tert-OH is 1. The molecule has 0 saturated carbocycles. The molecule has 1 aromatic rings. The maximum absolute atomic E-state index is 14.1. The van der Waals surface area contributed by atoms with Crippen LogP contribution < -0.4 is 15.5 Å².